The lowest BCUT2D eigenvalue weighted by Crippen LogP contribution is -2.04. The van der Waals surface area contributed by atoms with E-state index in [-0.39, 0.29) is 23.1 Å². The Hall–Kier alpha value is -1.80. The van der Waals surface area contributed by atoms with Crippen molar-refractivity contribution in [1.82, 2.24) is 4.98 Å². The number of aromatic carboxylic acids is 1. The zero-order valence-corrected chi connectivity index (χ0v) is 13.2. The summed E-state index contributed by atoms with van der Waals surface area (Å²) in [6.45, 7) is 1.95. The second-order valence-corrected chi connectivity index (χ2v) is 5.65. The SMILES string of the molecule is CCOC(=O)c1coc(Sc2ccc(Br)c(C(=O)O)c2)n1. The number of benzene rings is 1. The van der Waals surface area contributed by atoms with E-state index in [1.165, 1.54) is 12.3 Å². The van der Waals surface area contributed by atoms with Gasteiger partial charge in [0, 0.05) is 9.37 Å². The summed E-state index contributed by atoms with van der Waals surface area (Å²) in [7, 11) is 0. The van der Waals surface area contributed by atoms with Crippen LogP contribution < -0.4 is 0 Å². The van der Waals surface area contributed by atoms with Gasteiger partial charge in [-0.25, -0.2) is 9.59 Å². The van der Waals surface area contributed by atoms with Crippen LogP contribution in [0.4, 0.5) is 0 Å². The normalized spacial score (nSPS) is 10.4. The Morgan fingerprint density at radius 1 is 1.48 bits per heavy atom. The zero-order chi connectivity index (χ0) is 15.4. The standard InChI is InChI=1S/C13H10BrNO5S/c1-2-19-12(18)10-6-20-13(15-10)21-7-3-4-9(14)8(5-7)11(16)17/h3-6H,2H2,1H3,(H,16,17). The largest absolute Gasteiger partial charge is 0.478 e. The molecule has 0 fully saturated rings. The van der Waals surface area contributed by atoms with Crippen LogP contribution >= 0.6 is 27.7 Å². The molecule has 0 radical (unpaired) electrons. The molecular formula is C13H10BrNO5S. The number of hydrogen-bond donors (Lipinski definition) is 1. The Bertz CT molecular complexity index is 685. The van der Waals surface area contributed by atoms with Gasteiger partial charge in [0.05, 0.1) is 12.2 Å². The van der Waals surface area contributed by atoms with Crippen LogP contribution in [0, 0.1) is 0 Å². The molecule has 0 atom stereocenters. The molecule has 2 rings (SSSR count). The highest BCUT2D eigenvalue weighted by molar-refractivity contribution is 9.10. The van der Waals surface area contributed by atoms with Crippen LogP contribution in [0.2, 0.25) is 0 Å². The molecule has 0 aliphatic heterocycles. The number of nitrogens with zero attached hydrogens (tertiary/aromatic N) is 1. The van der Waals surface area contributed by atoms with Crippen LogP contribution in [0.15, 0.2) is 43.5 Å². The summed E-state index contributed by atoms with van der Waals surface area (Å²) in [5.74, 6) is -1.60. The fraction of sp³-hybridized carbons (Fsp3) is 0.154. The lowest BCUT2D eigenvalue weighted by atomic mass is 10.2. The molecule has 21 heavy (non-hydrogen) atoms. The van der Waals surface area contributed by atoms with Gasteiger partial charge in [-0.3, -0.25) is 0 Å². The highest BCUT2D eigenvalue weighted by atomic mass is 79.9. The molecule has 0 aliphatic carbocycles. The Kier molecular flexibility index (Phi) is 5.03. The second kappa shape index (κ2) is 6.77. The van der Waals surface area contributed by atoms with Crippen molar-refractivity contribution in [3.8, 4) is 0 Å². The van der Waals surface area contributed by atoms with Gasteiger partial charge in [0.2, 0.25) is 0 Å². The third-order valence-corrected chi connectivity index (χ3v) is 3.88. The number of carboxylic acids is 1. The van der Waals surface area contributed by atoms with Crippen molar-refractivity contribution >= 4 is 39.6 Å². The second-order valence-electron chi connectivity index (χ2n) is 3.77. The van der Waals surface area contributed by atoms with E-state index in [9.17, 15) is 9.59 Å². The first-order valence-corrected chi connectivity index (χ1v) is 7.45. The van der Waals surface area contributed by atoms with Gasteiger partial charge in [-0.05, 0) is 52.8 Å². The lowest BCUT2D eigenvalue weighted by molar-refractivity contribution is 0.0518. The maximum Gasteiger partial charge on any atom is 0.360 e. The maximum absolute atomic E-state index is 11.5. The van der Waals surface area contributed by atoms with E-state index in [1.54, 1.807) is 19.1 Å². The number of esters is 1. The van der Waals surface area contributed by atoms with Crippen molar-refractivity contribution in [3.63, 3.8) is 0 Å². The first-order valence-electron chi connectivity index (χ1n) is 5.84. The molecule has 2 aromatic rings. The Morgan fingerprint density at radius 2 is 2.24 bits per heavy atom. The molecular weight excluding hydrogens is 362 g/mol. The minimum Gasteiger partial charge on any atom is -0.478 e. The van der Waals surface area contributed by atoms with Crippen molar-refractivity contribution < 1.29 is 23.8 Å². The average Bonchev–Trinajstić information content (AvgIpc) is 2.89. The molecule has 0 amide bonds. The third kappa shape index (κ3) is 3.85. The monoisotopic (exact) mass is 371 g/mol. The maximum atomic E-state index is 11.5. The minimum atomic E-state index is -1.04. The number of carbonyl (C=O) groups is 2. The summed E-state index contributed by atoms with van der Waals surface area (Å²) in [5.41, 5.74) is 0.215. The minimum absolute atomic E-state index is 0.0786. The lowest BCUT2D eigenvalue weighted by Gasteiger charge is -2.02. The van der Waals surface area contributed by atoms with Gasteiger partial charge in [0.1, 0.15) is 6.26 Å². The van der Waals surface area contributed by atoms with E-state index in [2.05, 4.69) is 20.9 Å². The van der Waals surface area contributed by atoms with E-state index < -0.39 is 11.9 Å². The Labute approximate surface area is 132 Å². The fourth-order valence-corrected chi connectivity index (χ4v) is 2.61. The molecule has 1 aromatic heterocycles. The summed E-state index contributed by atoms with van der Waals surface area (Å²) in [5, 5.41) is 9.29. The molecule has 0 saturated heterocycles. The molecule has 110 valence electrons. The summed E-state index contributed by atoms with van der Waals surface area (Å²) in [6.07, 6.45) is 1.21. The molecule has 1 heterocycles. The van der Waals surface area contributed by atoms with E-state index in [0.717, 1.165) is 11.8 Å². The fourth-order valence-electron chi connectivity index (χ4n) is 1.44. The quantitative estimate of drug-likeness (QED) is 0.804. The highest BCUT2D eigenvalue weighted by Gasteiger charge is 2.15. The predicted octanol–water partition coefficient (Wildman–Crippen LogP) is 3.46. The molecule has 0 saturated carbocycles. The van der Waals surface area contributed by atoms with Crippen molar-refractivity contribution in [3.05, 3.63) is 40.2 Å². The van der Waals surface area contributed by atoms with Gasteiger partial charge in [-0.2, -0.15) is 4.98 Å². The molecule has 0 bridgehead atoms. The van der Waals surface area contributed by atoms with Crippen LogP contribution in [0.5, 0.6) is 0 Å². The van der Waals surface area contributed by atoms with E-state index in [0.29, 0.717) is 9.37 Å². The predicted molar refractivity (Wildman–Crippen MR) is 77.7 cm³/mol. The van der Waals surface area contributed by atoms with Crippen molar-refractivity contribution in [2.75, 3.05) is 6.61 Å². The molecule has 0 spiro atoms. The van der Waals surface area contributed by atoms with E-state index >= 15 is 0 Å². The zero-order valence-electron chi connectivity index (χ0n) is 10.8. The number of oxazole rings is 1. The summed E-state index contributed by atoms with van der Waals surface area (Å²) in [6, 6.07) is 4.84. The number of rotatable bonds is 5. The number of ether oxygens (including phenoxy) is 1. The summed E-state index contributed by atoms with van der Waals surface area (Å²) in [4.78, 5) is 27.1. The molecule has 1 N–H and O–H groups in total. The number of carbonyl (C=O) groups excluding carboxylic acids is 1. The number of carboxylic acid groups (broad SMARTS) is 1. The third-order valence-electron chi connectivity index (χ3n) is 2.34. The Balaban J connectivity index is 2.17. The number of halogens is 1. The molecule has 0 unspecified atom stereocenters. The van der Waals surface area contributed by atoms with Crippen molar-refractivity contribution in [2.24, 2.45) is 0 Å². The van der Waals surface area contributed by atoms with Gasteiger partial charge >= 0.3 is 11.9 Å². The Morgan fingerprint density at radius 3 is 2.90 bits per heavy atom. The van der Waals surface area contributed by atoms with Gasteiger partial charge in [0.25, 0.3) is 5.22 Å². The highest BCUT2D eigenvalue weighted by Crippen LogP contribution is 2.30. The first-order chi connectivity index (χ1) is 10.0. The van der Waals surface area contributed by atoms with Crippen LogP contribution in [-0.2, 0) is 4.74 Å². The van der Waals surface area contributed by atoms with Gasteiger partial charge in [-0.15, -0.1) is 0 Å². The first kappa shape index (κ1) is 15.6. The molecule has 1 aromatic carbocycles. The van der Waals surface area contributed by atoms with Crippen LogP contribution in [-0.4, -0.2) is 28.6 Å². The van der Waals surface area contributed by atoms with Crippen LogP contribution in [0.25, 0.3) is 0 Å². The van der Waals surface area contributed by atoms with Crippen molar-refractivity contribution in [2.45, 2.75) is 17.0 Å². The van der Waals surface area contributed by atoms with Gasteiger partial charge in [0.15, 0.2) is 5.69 Å². The summed E-state index contributed by atoms with van der Waals surface area (Å²) < 4.78 is 10.4. The van der Waals surface area contributed by atoms with E-state index in [1.807, 2.05) is 0 Å². The topological polar surface area (TPSA) is 89.6 Å². The van der Waals surface area contributed by atoms with Crippen molar-refractivity contribution in [1.29, 1.82) is 0 Å². The summed E-state index contributed by atoms with van der Waals surface area (Å²) >= 11 is 4.28. The molecule has 0 aliphatic rings. The number of hydrogen-bond acceptors (Lipinski definition) is 6. The number of aromatic nitrogens is 1. The van der Waals surface area contributed by atoms with Crippen LogP contribution in [0.3, 0.4) is 0 Å². The average molecular weight is 372 g/mol. The van der Waals surface area contributed by atoms with Crippen LogP contribution in [0.1, 0.15) is 27.8 Å². The molecule has 8 heteroatoms. The molecule has 6 nitrogen and oxygen atoms in total. The van der Waals surface area contributed by atoms with E-state index in [4.69, 9.17) is 14.3 Å². The smallest absolute Gasteiger partial charge is 0.360 e. The van der Waals surface area contributed by atoms with Gasteiger partial charge < -0.3 is 14.3 Å². The van der Waals surface area contributed by atoms with Gasteiger partial charge in [-0.1, -0.05) is 0 Å².